The molecule has 1 amide bonds. The highest BCUT2D eigenvalue weighted by molar-refractivity contribution is 5.93. The Morgan fingerprint density at radius 3 is 2.78 bits per heavy atom. The van der Waals surface area contributed by atoms with Crippen LogP contribution in [0.3, 0.4) is 0 Å². The van der Waals surface area contributed by atoms with Gasteiger partial charge in [0.15, 0.2) is 0 Å². The van der Waals surface area contributed by atoms with E-state index >= 15 is 0 Å². The molecule has 0 radical (unpaired) electrons. The van der Waals surface area contributed by atoms with Crippen molar-refractivity contribution in [2.24, 2.45) is 0 Å². The average molecular weight is 243 g/mol. The van der Waals surface area contributed by atoms with E-state index < -0.39 is 0 Å². The Bertz CT molecular complexity index is 553. The molecule has 4 heteroatoms. The maximum Gasteiger partial charge on any atom is 0.271 e. The molecular weight excluding hydrogens is 226 g/mol. The summed E-state index contributed by atoms with van der Waals surface area (Å²) in [5.74, 6) is -0.158. The normalized spacial score (nSPS) is 12.3. The van der Waals surface area contributed by atoms with Gasteiger partial charge in [0.25, 0.3) is 5.91 Å². The zero-order chi connectivity index (χ0) is 13.0. The number of fused-ring (bicyclic) bond motifs is 1. The Kier molecular flexibility index (Phi) is 3.87. The van der Waals surface area contributed by atoms with Crippen molar-refractivity contribution in [3.05, 3.63) is 36.2 Å². The minimum atomic E-state index is -0.158. The van der Waals surface area contributed by atoms with Gasteiger partial charge in [-0.1, -0.05) is 25.5 Å². The molecule has 1 N–H and O–H groups in total. The molecule has 2 aromatic rings. The van der Waals surface area contributed by atoms with E-state index in [1.165, 1.54) is 6.20 Å². The Hall–Kier alpha value is -1.97. The summed E-state index contributed by atoms with van der Waals surface area (Å²) in [7, 11) is 0. The van der Waals surface area contributed by atoms with Gasteiger partial charge < -0.3 is 5.32 Å². The van der Waals surface area contributed by atoms with E-state index in [4.69, 9.17) is 0 Å². The summed E-state index contributed by atoms with van der Waals surface area (Å²) in [4.78, 5) is 20.5. The molecule has 1 unspecified atom stereocenters. The third-order valence-corrected chi connectivity index (χ3v) is 2.78. The Balaban J connectivity index is 2.17. The molecule has 1 aromatic carbocycles. The Morgan fingerprint density at radius 1 is 1.33 bits per heavy atom. The summed E-state index contributed by atoms with van der Waals surface area (Å²) in [6, 6.07) is 7.69. The molecule has 0 bridgehead atoms. The zero-order valence-electron chi connectivity index (χ0n) is 10.7. The third kappa shape index (κ3) is 2.83. The van der Waals surface area contributed by atoms with Crippen molar-refractivity contribution in [1.29, 1.82) is 0 Å². The molecule has 4 nitrogen and oxygen atoms in total. The van der Waals surface area contributed by atoms with Gasteiger partial charge >= 0.3 is 0 Å². The van der Waals surface area contributed by atoms with Crippen LogP contribution in [0.25, 0.3) is 11.0 Å². The number of hydrogen-bond donors (Lipinski definition) is 1. The molecule has 18 heavy (non-hydrogen) atoms. The highest BCUT2D eigenvalue weighted by atomic mass is 16.1. The lowest BCUT2D eigenvalue weighted by Crippen LogP contribution is -2.33. The summed E-state index contributed by atoms with van der Waals surface area (Å²) >= 11 is 0. The standard InChI is InChI=1S/C14H17N3O/c1-3-6-10(2)16-14(18)13-9-15-11-7-4-5-8-12(11)17-13/h4-5,7-10H,3,6H2,1-2H3,(H,16,18). The van der Waals surface area contributed by atoms with Gasteiger partial charge in [-0.15, -0.1) is 0 Å². The Morgan fingerprint density at radius 2 is 2.06 bits per heavy atom. The molecule has 0 fully saturated rings. The largest absolute Gasteiger partial charge is 0.348 e. The number of nitrogens with zero attached hydrogens (tertiary/aromatic N) is 2. The van der Waals surface area contributed by atoms with Gasteiger partial charge in [0.2, 0.25) is 0 Å². The van der Waals surface area contributed by atoms with Crippen molar-refractivity contribution < 1.29 is 4.79 Å². The molecule has 0 spiro atoms. The van der Waals surface area contributed by atoms with Crippen LogP contribution in [0.4, 0.5) is 0 Å². The summed E-state index contributed by atoms with van der Waals surface area (Å²) in [6.07, 6.45) is 3.54. The highest BCUT2D eigenvalue weighted by Crippen LogP contribution is 2.08. The van der Waals surface area contributed by atoms with Gasteiger partial charge in [0.1, 0.15) is 5.69 Å². The van der Waals surface area contributed by atoms with Crippen molar-refractivity contribution in [3.8, 4) is 0 Å². The van der Waals surface area contributed by atoms with E-state index in [1.807, 2.05) is 31.2 Å². The first-order chi connectivity index (χ1) is 8.70. The lowest BCUT2D eigenvalue weighted by Gasteiger charge is -2.12. The maximum absolute atomic E-state index is 12.0. The van der Waals surface area contributed by atoms with Crippen molar-refractivity contribution in [2.75, 3.05) is 0 Å². The second-order valence-electron chi connectivity index (χ2n) is 4.41. The minimum absolute atomic E-state index is 0.158. The SMILES string of the molecule is CCCC(C)NC(=O)c1cnc2ccccc2n1. The fourth-order valence-corrected chi connectivity index (χ4v) is 1.87. The molecule has 0 aliphatic carbocycles. The number of carbonyl (C=O) groups is 1. The van der Waals surface area contributed by atoms with Crippen LogP contribution >= 0.6 is 0 Å². The first kappa shape index (κ1) is 12.5. The van der Waals surface area contributed by atoms with Crippen LogP contribution < -0.4 is 5.32 Å². The molecule has 2 rings (SSSR count). The maximum atomic E-state index is 12.0. The van der Waals surface area contributed by atoms with Crippen LogP contribution in [-0.4, -0.2) is 21.9 Å². The second kappa shape index (κ2) is 5.58. The van der Waals surface area contributed by atoms with Gasteiger partial charge in [-0.2, -0.15) is 0 Å². The molecular formula is C14H17N3O. The van der Waals surface area contributed by atoms with Crippen LogP contribution in [0.2, 0.25) is 0 Å². The number of amides is 1. The fourth-order valence-electron chi connectivity index (χ4n) is 1.87. The van der Waals surface area contributed by atoms with Gasteiger partial charge in [-0.25, -0.2) is 4.98 Å². The van der Waals surface area contributed by atoms with Crippen molar-refractivity contribution in [2.45, 2.75) is 32.7 Å². The molecule has 0 saturated carbocycles. The van der Waals surface area contributed by atoms with Gasteiger partial charge in [-0.3, -0.25) is 9.78 Å². The molecule has 0 saturated heterocycles. The number of rotatable bonds is 4. The predicted molar refractivity (Wildman–Crippen MR) is 71.4 cm³/mol. The van der Waals surface area contributed by atoms with E-state index in [2.05, 4.69) is 22.2 Å². The van der Waals surface area contributed by atoms with Gasteiger partial charge in [-0.05, 0) is 25.5 Å². The van der Waals surface area contributed by atoms with E-state index in [0.29, 0.717) is 5.69 Å². The molecule has 0 aliphatic rings. The minimum Gasteiger partial charge on any atom is -0.348 e. The number of benzene rings is 1. The quantitative estimate of drug-likeness (QED) is 0.897. The van der Waals surface area contributed by atoms with Crippen LogP contribution in [0.15, 0.2) is 30.5 Å². The van der Waals surface area contributed by atoms with Crippen LogP contribution in [0.1, 0.15) is 37.2 Å². The average Bonchev–Trinajstić information content (AvgIpc) is 2.38. The van der Waals surface area contributed by atoms with Crippen LogP contribution in [0.5, 0.6) is 0 Å². The van der Waals surface area contributed by atoms with Crippen molar-refractivity contribution in [3.63, 3.8) is 0 Å². The summed E-state index contributed by atoms with van der Waals surface area (Å²) in [5.41, 5.74) is 1.92. The number of nitrogens with one attached hydrogen (secondary N) is 1. The highest BCUT2D eigenvalue weighted by Gasteiger charge is 2.11. The summed E-state index contributed by atoms with van der Waals surface area (Å²) < 4.78 is 0. The number of para-hydroxylation sites is 2. The molecule has 94 valence electrons. The van der Waals surface area contributed by atoms with E-state index in [0.717, 1.165) is 23.9 Å². The van der Waals surface area contributed by atoms with Crippen molar-refractivity contribution in [1.82, 2.24) is 15.3 Å². The summed E-state index contributed by atoms with van der Waals surface area (Å²) in [6.45, 7) is 4.09. The lowest BCUT2D eigenvalue weighted by molar-refractivity contribution is 0.0933. The van der Waals surface area contributed by atoms with Gasteiger partial charge in [0, 0.05) is 6.04 Å². The molecule has 0 aliphatic heterocycles. The number of carbonyl (C=O) groups excluding carboxylic acids is 1. The monoisotopic (exact) mass is 243 g/mol. The number of hydrogen-bond acceptors (Lipinski definition) is 3. The van der Waals surface area contributed by atoms with E-state index in [-0.39, 0.29) is 11.9 Å². The zero-order valence-corrected chi connectivity index (χ0v) is 10.7. The van der Waals surface area contributed by atoms with Crippen LogP contribution in [-0.2, 0) is 0 Å². The van der Waals surface area contributed by atoms with Gasteiger partial charge in [0.05, 0.1) is 17.2 Å². The molecule has 1 atom stereocenters. The molecule has 1 heterocycles. The first-order valence-corrected chi connectivity index (χ1v) is 6.23. The third-order valence-electron chi connectivity index (χ3n) is 2.78. The Labute approximate surface area is 106 Å². The van der Waals surface area contributed by atoms with Crippen molar-refractivity contribution >= 4 is 16.9 Å². The first-order valence-electron chi connectivity index (χ1n) is 6.23. The molecule has 1 aromatic heterocycles. The second-order valence-corrected chi connectivity index (χ2v) is 4.41. The summed E-state index contributed by atoms with van der Waals surface area (Å²) in [5, 5.41) is 2.92. The lowest BCUT2D eigenvalue weighted by atomic mass is 10.2. The van der Waals surface area contributed by atoms with E-state index in [9.17, 15) is 4.79 Å². The van der Waals surface area contributed by atoms with Crippen LogP contribution in [0, 0.1) is 0 Å². The smallest absolute Gasteiger partial charge is 0.271 e. The predicted octanol–water partition coefficient (Wildman–Crippen LogP) is 2.55. The number of aromatic nitrogens is 2. The topological polar surface area (TPSA) is 54.9 Å². The van der Waals surface area contributed by atoms with E-state index in [1.54, 1.807) is 0 Å². The fraction of sp³-hybridized carbons (Fsp3) is 0.357.